The Labute approximate surface area is 114 Å². The van der Waals surface area contributed by atoms with Crippen LogP contribution in [-0.2, 0) is 0 Å². The molecule has 1 aromatic carbocycles. The third kappa shape index (κ3) is 2.65. The Morgan fingerprint density at radius 1 is 1.24 bits per heavy atom. The van der Waals surface area contributed by atoms with E-state index < -0.39 is 5.38 Å². The van der Waals surface area contributed by atoms with Gasteiger partial charge in [-0.3, -0.25) is 0 Å². The van der Waals surface area contributed by atoms with E-state index in [1.54, 1.807) is 23.5 Å². The first-order valence-electron chi connectivity index (χ1n) is 5.15. The number of rotatable bonds is 2. The van der Waals surface area contributed by atoms with Gasteiger partial charge in [-0.2, -0.15) is 0 Å². The van der Waals surface area contributed by atoms with Crippen LogP contribution >= 0.6 is 34.5 Å². The molecule has 0 N–H and O–H groups in total. The molecule has 1 unspecified atom stereocenters. The molecule has 0 amide bonds. The van der Waals surface area contributed by atoms with Crippen LogP contribution in [0.4, 0.5) is 4.39 Å². The zero-order chi connectivity index (χ0) is 12.6. The molecule has 0 saturated heterocycles. The van der Waals surface area contributed by atoms with Gasteiger partial charge in [0.05, 0.1) is 5.38 Å². The lowest BCUT2D eigenvalue weighted by Gasteiger charge is -2.10. The van der Waals surface area contributed by atoms with E-state index in [1.165, 1.54) is 10.9 Å². The number of benzene rings is 1. The molecule has 90 valence electrons. The Morgan fingerprint density at radius 3 is 2.47 bits per heavy atom. The molecule has 2 rings (SSSR count). The summed E-state index contributed by atoms with van der Waals surface area (Å²) in [5.41, 5.74) is 1.57. The second-order valence-corrected chi connectivity index (χ2v) is 6.09. The number of thiophene rings is 1. The molecule has 1 atom stereocenters. The molecular formula is C13H11Cl2FS. The first-order chi connectivity index (χ1) is 7.99. The molecule has 0 aliphatic carbocycles. The highest BCUT2D eigenvalue weighted by molar-refractivity contribution is 7.12. The van der Waals surface area contributed by atoms with Gasteiger partial charge >= 0.3 is 0 Å². The third-order valence-corrected chi connectivity index (χ3v) is 4.58. The Morgan fingerprint density at radius 2 is 1.94 bits per heavy atom. The summed E-state index contributed by atoms with van der Waals surface area (Å²) in [7, 11) is 0. The number of hydrogen-bond donors (Lipinski definition) is 0. The lowest BCUT2D eigenvalue weighted by molar-refractivity contribution is 0.613. The van der Waals surface area contributed by atoms with Gasteiger partial charge in [-0.05, 0) is 37.6 Å². The summed E-state index contributed by atoms with van der Waals surface area (Å²) in [6.45, 7) is 4.00. The van der Waals surface area contributed by atoms with Crippen LogP contribution in [-0.4, -0.2) is 0 Å². The minimum atomic E-state index is -0.453. The topological polar surface area (TPSA) is 0 Å². The lowest BCUT2D eigenvalue weighted by Crippen LogP contribution is -1.96. The standard InChI is InChI=1S/C13H11Cl2FS/c1-7-5-8(2)17-13(7)12(15)10-4-3-9(14)6-11(10)16/h3-6,12H,1-2H3. The zero-order valence-corrected chi connectivity index (χ0v) is 11.8. The van der Waals surface area contributed by atoms with Gasteiger partial charge in [0.1, 0.15) is 5.82 Å². The molecule has 0 fully saturated rings. The molecule has 1 heterocycles. The fourth-order valence-electron chi connectivity index (χ4n) is 1.76. The molecule has 0 aliphatic rings. The van der Waals surface area contributed by atoms with Crippen LogP contribution in [0.3, 0.4) is 0 Å². The quantitative estimate of drug-likeness (QED) is 0.642. The molecule has 0 bridgehead atoms. The van der Waals surface area contributed by atoms with Crippen LogP contribution in [0.15, 0.2) is 24.3 Å². The summed E-state index contributed by atoms with van der Waals surface area (Å²) in [6.07, 6.45) is 0. The first kappa shape index (κ1) is 12.9. The smallest absolute Gasteiger partial charge is 0.129 e. The summed E-state index contributed by atoms with van der Waals surface area (Å²) in [4.78, 5) is 2.17. The summed E-state index contributed by atoms with van der Waals surface area (Å²) >= 11 is 13.7. The highest BCUT2D eigenvalue weighted by Crippen LogP contribution is 2.37. The van der Waals surface area contributed by atoms with Gasteiger partial charge in [-0.15, -0.1) is 22.9 Å². The van der Waals surface area contributed by atoms with Crippen molar-refractivity contribution in [2.24, 2.45) is 0 Å². The molecule has 0 radical (unpaired) electrons. The van der Waals surface area contributed by atoms with Crippen molar-refractivity contribution in [2.75, 3.05) is 0 Å². The van der Waals surface area contributed by atoms with Crippen molar-refractivity contribution in [3.8, 4) is 0 Å². The fourth-order valence-corrected chi connectivity index (χ4v) is 3.43. The van der Waals surface area contributed by atoms with Gasteiger partial charge in [-0.25, -0.2) is 4.39 Å². The monoisotopic (exact) mass is 288 g/mol. The van der Waals surface area contributed by atoms with E-state index in [1.807, 2.05) is 13.8 Å². The van der Waals surface area contributed by atoms with Crippen molar-refractivity contribution in [1.82, 2.24) is 0 Å². The summed E-state index contributed by atoms with van der Waals surface area (Å²) in [5, 5.41) is -0.0693. The summed E-state index contributed by atoms with van der Waals surface area (Å²) in [6, 6.07) is 6.65. The second kappa shape index (κ2) is 4.97. The molecule has 4 heteroatoms. The Kier molecular flexibility index (Phi) is 3.76. The van der Waals surface area contributed by atoms with Crippen molar-refractivity contribution in [3.05, 3.63) is 56.0 Å². The van der Waals surface area contributed by atoms with Gasteiger partial charge in [-0.1, -0.05) is 17.7 Å². The van der Waals surface area contributed by atoms with Gasteiger partial charge in [0.25, 0.3) is 0 Å². The zero-order valence-electron chi connectivity index (χ0n) is 9.43. The Bertz CT molecular complexity index is 548. The molecule has 2 aromatic rings. The van der Waals surface area contributed by atoms with Crippen molar-refractivity contribution in [1.29, 1.82) is 0 Å². The van der Waals surface area contributed by atoms with Crippen LogP contribution in [0.25, 0.3) is 0 Å². The van der Waals surface area contributed by atoms with E-state index in [0.717, 1.165) is 10.4 Å². The molecule has 1 aromatic heterocycles. The van der Waals surface area contributed by atoms with Crippen molar-refractivity contribution < 1.29 is 4.39 Å². The van der Waals surface area contributed by atoms with Crippen molar-refractivity contribution in [3.63, 3.8) is 0 Å². The number of halogens is 3. The van der Waals surface area contributed by atoms with E-state index in [-0.39, 0.29) is 5.82 Å². The molecule has 0 nitrogen and oxygen atoms in total. The average molecular weight is 289 g/mol. The normalized spacial score (nSPS) is 12.8. The van der Waals surface area contributed by atoms with E-state index in [2.05, 4.69) is 6.07 Å². The molecule has 0 aliphatic heterocycles. The van der Waals surface area contributed by atoms with Gasteiger partial charge in [0.2, 0.25) is 0 Å². The largest absolute Gasteiger partial charge is 0.207 e. The van der Waals surface area contributed by atoms with E-state index in [9.17, 15) is 4.39 Å². The Hall–Kier alpha value is -0.570. The third-order valence-electron chi connectivity index (χ3n) is 2.55. The van der Waals surface area contributed by atoms with Crippen LogP contribution in [0.5, 0.6) is 0 Å². The maximum absolute atomic E-state index is 13.8. The predicted molar refractivity (Wildman–Crippen MR) is 72.9 cm³/mol. The number of aryl methyl sites for hydroxylation is 2. The SMILES string of the molecule is Cc1cc(C)c(C(Cl)c2ccc(Cl)cc2F)s1. The maximum atomic E-state index is 13.8. The number of alkyl halides is 1. The van der Waals surface area contributed by atoms with Gasteiger partial charge in [0.15, 0.2) is 0 Å². The number of hydrogen-bond acceptors (Lipinski definition) is 1. The second-order valence-electron chi connectivity index (χ2n) is 3.93. The predicted octanol–water partition coefficient (Wildman–Crippen LogP) is 5.49. The van der Waals surface area contributed by atoms with Crippen LogP contribution in [0.2, 0.25) is 5.02 Å². The lowest BCUT2D eigenvalue weighted by atomic mass is 10.1. The molecular weight excluding hydrogens is 278 g/mol. The fraction of sp³-hybridized carbons (Fsp3) is 0.231. The minimum absolute atomic E-state index is 0.358. The van der Waals surface area contributed by atoms with E-state index in [4.69, 9.17) is 23.2 Å². The summed E-state index contributed by atoms with van der Waals surface area (Å²) < 4.78 is 13.8. The minimum Gasteiger partial charge on any atom is -0.207 e. The first-order valence-corrected chi connectivity index (χ1v) is 6.78. The highest BCUT2D eigenvalue weighted by atomic mass is 35.5. The van der Waals surface area contributed by atoms with E-state index in [0.29, 0.717) is 10.6 Å². The van der Waals surface area contributed by atoms with Gasteiger partial charge in [0, 0.05) is 20.3 Å². The van der Waals surface area contributed by atoms with Crippen molar-refractivity contribution in [2.45, 2.75) is 19.2 Å². The highest BCUT2D eigenvalue weighted by Gasteiger charge is 2.19. The maximum Gasteiger partial charge on any atom is 0.129 e. The van der Waals surface area contributed by atoms with Crippen LogP contribution < -0.4 is 0 Å². The van der Waals surface area contributed by atoms with Gasteiger partial charge < -0.3 is 0 Å². The van der Waals surface area contributed by atoms with Crippen molar-refractivity contribution >= 4 is 34.5 Å². The van der Waals surface area contributed by atoms with Crippen LogP contribution in [0, 0.1) is 19.7 Å². The van der Waals surface area contributed by atoms with Crippen LogP contribution in [0.1, 0.15) is 26.3 Å². The summed E-state index contributed by atoms with van der Waals surface area (Å²) in [5.74, 6) is -0.358. The molecule has 17 heavy (non-hydrogen) atoms. The van der Waals surface area contributed by atoms with E-state index >= 15 is 0 Å². The Balaban J connectivity index is 2.43. The molecule has 0 saturated carbocycles. The molecule has 0 spiro atoms. The average Bonchev–Trinajstić information content (AvgIpc) is 2.57.